The first-order chi connectivity index (χ1) is 25.1. The van der Waals surface area contributed by atoms with E-state index < -0.39 is 59.2 Å². The lowest BCUT2D eigenvalue weighted by molar-refractivity contribution is -0.275. The fourth-order valence-corrected chi connectivity index (χ4v) is 6.23. The van der Waals surface area contributed by atoms with Gasteiger partial charge in [-0.25, -0.2) is 4.98 Å². The van der Waals surface area contributed by atoms with E-state index in [-0.39, 0.29) is 60.6 Å². The maximum Gasteiger partial charge on any atom is 0.573 e. The number of rotatable bonds is 8. The van der Waals surface area contributed by atoms with Gasteiger partial charge in [0.15, 0.2) is 23.0 Å². The second-order valence-corrected chi connectivity index (χ2v) is 12.2. The average molecular weight is 771 g/mol. The summed E-state index contributed by atoms with van der Waals surface area (Å²) in [5.41, 5.74) is -1.13. The zero-order valence-electron chi connectivity index (χ0n) is 27.6. The summed E-state index contributed by atoms with van der Waals surface area (Å²) in [5, 5.41) is 17.0. The van der Waals surface area contributed by atoms with Crippen LogP contribution in [0.3, 0.4) is 0 Å². The molecule has 5 heterocycles. The van der Waals surface area contributed by atoms with Crippen molar-refractivity contribution in [1.29, 1.82) is 0 Å². The van der Waals surface area contributed by atoms with E-state index in [9.17, 15) is 45.8 Å². The molecule has 6 rings (SSSR count). The summed E-state index contributed by atoms with van der Waals surface area (Å²) in [6.45, 7) is 1.94. The number of pyridine rings is 1. The maximum absolute atomic E-state index is 14.1. The van der Waals surface area contributed by atoms with E-state index >= 15 is 0 Å². The van der Waals surface area contributed by atoms with Gasteiger partial charge in [0, 0.05) is 38.4 Å². The number of amides is 2. The third-order valence-corrected chi connectivity index (χ3v) is 8.79. The van der Waals surface area contributed by atoms with Crippen molar-refractivity contribution in [3.8, 4) is 11.5 Å². The summed E-state index contributed by atoms with van der Waals surface area (Å²) >= 11 is 6.08. The summed E-state index contributed by atoms with van der Waals surface area (Å²) in [4.78, 5) is 52.1. The van der Waals surface area contributed by atoms with Crippen LogP contribution in [0.2, 0.25) is 5.02 Å². The number of nitrogens with one attached hydrogen (secondary N) is 1. The van der Waals surface area contributed by atoms with Gasteiger partial charge in [0.1, 0.15) is 12.2 Å². The van der Waals surface area contributed by atoms with Crippen LogP contribution < -0.4 is 20.5 Å². The molecule has 0 saturated carbocycles. The molecule has 0 unspecified atom stereocenters. The number of ether oxygens (including phenoxy) is 2. The first-order valence-electron chi connectivity index (χ1n) is 16.0. The molecule has 53 heavy (non-hydrogen) atoms. The average Bonchev–Trinajstić information content (AvgIpc) is 3.57. The number of aromatic hydroxyl groups is 1. The quantitative estimate of drug-likeness (QED) is 0.244. The second-order valence-electron chi connectivity index (χ2n) is 11.8. The number of carbonyl (C=O) groups is 2. The molecule has 2 aliphatic rings. The number of halogens is 7. The van der Waals surface area contributed by atoms with Gasteiger partial charge in [-0.2, -0.15) is 22.7 Å². The minimum Gasteiger partial charge on any atom is -0.503 e. The molecular formula is C32H29ClF6N8O6. The third-order valence-electron chi connectivity index (χ3n) is 8.48. The van der Waals surface area contributed by atoms with Gasteiger partial charge in [-0.1, -0.05) is 24.6 Å². The van der Waals surface area contributed by atoms with Crippen LogP contribution in [0, 0.1) is 0 Å². The number of aromatic nitrogens is 5. The molecule has 1 aromatic carbocycles. The molecule has 21 heteroatoms. The topological polar surface area (TPSA) is 156 Å². The fraction of sp³-hybridized carbons (Fsp3) is 0.375. The lowest BCUT2D eigenvalue weighted by Crippen LogP contribution is -2.51. The molecule has 14 nitrogen and oxygen atoms in total. The van der Waals surface area contributed by atoms with Crippen molar-refractivity contribution in [3.05, 3.63) is 74.7 Å². The molecule has 1 saturated heterocycles. The van der Waals surface area contributed by atoms with Crippen molar-refractivity contribution >= 4 is 46.1 Å². The molecule has 1 fully saturated rings. The van der Waals surface area contributed by atoms with Gasteiger partial charge in [0.05, 0.1) is 35.2 Å². The Bertz CT molecular complexity index is 2160. The molecule has 0 atom stereocenters. The number of piperazine rings is 1. The third kappa shape index (κ3) is 7.87. The van der Waals surface area contributed by atoms with Gasteiger partial charge in [0.25, 0.3) is 11.5 Å². The van der Waals surface area contributed by atoms with E-state index in [1.54, 1.807) is 17.9 Å². The highest BCUT2D eigenvalue weighted by Gasteiger charge is 2.35. The summed E-state index contributed by atoms with van der Waals surface area (Å²) in [6, 6.07) is 3.25. The van der Waals surface area contributed by atoms with E-state index in [0.717, 1.165) is 28.9 Å². The number of benzene rings is 1. The van der Waals surface area contributed by atoms with Crippen molar-refractivity contribution in [2.24, 2.45) is 0 Å². The highest BCUT2D eigenvalue weighted by Crippen LogP contribution is 2.35. The van der Waals surface area contributed by atoms with Crippen molar-refractivity contribution in [1.82, 2.24) is 29.0 Å². The van der Waals surface area contributed by atoms with Crippen molar-refractivity contribution in [2.75, 3.05) is 49.6 Å². The Kier molecular flexibility index (Phi) is 10.3. The number of hydrogen-bond acceptors (Lipinski definition) is 10. The van der Waals surface area contributed by atoms with Crippen LogP contribution in [0.4, 0.5) is 37.7 Å². The van der Waals surface area contributed by atoms with Crippen molar-refractivity contribution in [3.63, 3.8) is 0 Å². The molecule has 4 aromatic rings. The summed E-state index contributed by atoms with van der Waals surface area (Å²) in [5.74, 6) is -3.41. The van der Waals surface area contributed by atoms with Crippen LogP contribution in [0.5, 0.6) is 11.5 Å². The lowest BCUT2D eigenvalue weighted by Gasteiger charge is -2.36. The first-order valence-corrected chi connectivity index (χ1v) is 16.4. The minimum absolute atomic E-state index is 0.0166. The second kappa shape index (κ2) is 14.6. The van der Waals surface area contributed by atoms with Crippen LogP contribution in [-0.2, 0) is 28.7 Å². The summed E-state index contributed by atoms with van der Waals surface area (Å²) in [6.07, 6.45) is -6.48. The molecule has 2 amide bonds. The number of hydrogen-bond donors (Lipinski definition) is 2. The number of alkyl halides is 6. The standard InChI is InChI=1S/C32H29ClF6N8O6/c1-2-21-25(44-9-11-45(12-10-44)28(50)24-26(49)22(5-8-40-24)53-32(37,38)39)29(51)47-30(42-27(43-47)17-6-13-52-14-7-17)46(21)16-23(48)41-20-4-3-18(15-19(20)33)31(34,35)36/h3-6,8,15,49H,2,7,9-14,16H2,1H3,(H,41,48). The fourth-order valence-electron chi connectivity index (χ4n) is 6.00. The molecule has 0 aliphatic carbocycles. The lowest BCUT2D eigenvalue weighted by atomic mass is 10.1. The highest BCUT2D eigenvalue weighted by molar-refractivity contribution is 6.33. The highest BCUT2D eigenvalue weighted by atomic mass is 35.5. The van der Waals surface area contributed by atoms with Crippen LogP contribution in [0.1, 0.15) is 40.9 Å². The minimum atomic E-state index is -5.13. The van der Waals surface area contributed by atoms with E-state index in [2.05, 4.69) is 25.1 Å². The Morgan fingerprint density at radius 2 is 1.83 bits per heavy atom. The SMILES string of the molecule is CCc1c(N2CCN(C(=O)c3nccc(OC(F)(F)F)c3O)CC2)c(=O)n2nc(C3=CCOCC3)nc2n1CC(=O)Nc1ccc(C(F)(F)F)cc1Cl. The van der Waals surface area contributed by atoms with Crippen molar-refractivity contribution in [2.45, 2.75) is 38.8 Å². The van der Waals surface area contributed by atoms with E-state index in [4.69, 9.17) is 16.3 Å². The normalized spacial score (nSPS) is 15.4. The molecular weight excluding hydrogens is 742 g/mol. The smallest absolute Gasteiger partial charge is 0.503 e. The van der Waals surface area contributed by atoms with Gasteiger partial charge in [0.2, 0.25) is 11.7 Å². The van der Waals surface area contributed by atoms with Crippen LogP contribution >= 0.6 is 11.6 Å². The monoisotopic (exact) mass is 770 g/mol. The van der Waals surface area contributed by atoms with E-state index in [1.807, 2.05) is 0 Å². The molecule has 2 N–H and O–H groups in total. The van der Waals surface area contributed by atoms with Gasteiger partial charge >= 0.3 is 12.5 Å². The Balaban J connectivity index is 1.32. The maximum atomic E-state index is 14.1. The number of nitrogens with zero attached hydrogens (tertiary/aromatic N) is 7. The number of anilines is 2. The molecule has 2 aliphatic heterocycles. The van der Waals surface area contributed by atoms with Crippen molar-refractivity contribution < 1.29 is 50.5 Å². The number of fused-ring (bicyclic) bond motifs is 1. The van der Waals surface area contributed by atoms with Crippen LogP contribution in [-0.4, -0.2) is 91.7 Å². The van der Waals surface area contributed by atoms with E-state index in [1.165, 1.54) is 9.47 Å². The zero-order chi connectivity index (χ0) is 38.2. The number of carbonyl (C=O) groups excluding carboxylic acids is 2. The molecule has 0 bridgehead atoms. The molecule has 282 valence electrons. The van der Waals surface area contributed by atoms with Gasteiger partial charge in [-0.3, -0.25) is 14.4 Å². The Hall–Kier alpha value is -5.37. The summed E-state index contributed by atoms with van der Waals surface area (Å²) < 4.78 is 89.6. The molecule has 0 spiro atoms. The first kappa shape index (κ1) is 37.4. The zero-order valence-corrected chi connectivity index (χ0v) is 28.3. The predicted molar refractivity (Wildman–Crippen MR) is 176 cm³/mol. The van der Waals surface area contributed by atoms with Gasteiger partial charge in [-0.05, 0) is 36.6 Å². The van der Waals surface area contributed by atoms with Crippen LogP contribution in [0.25, 0.3) is 11.4 Å². The van der Waals surface area contributed by atoms with E-state index in [0.29, 0.717) is 37.0 Å². The summed E-state index contributed by atoms with van der Waals surface area (Å²) in [7, 11) is 0. The molecule has 0 radical (unpaired) electrons. The van der Waals surface area contributed by atoms with Gasteiger partial charge < -0.3 is 34.3 Å². The predicted octanol–water partition coefficient (Wildman–Crippen LogP) is 4.53. The Labute approximate surface area is 300 Å². The van der Waals surface area contributed by atoms with Gasteiger partial charge in [-0.15, -0.1) is 18.3 Å². The largest absolute Gasteiger partial charge is 0.573 e. The Morgan fingerprint density at radius 3 is 2.45 bits per heavy atom. The molecule has 3 aromatic heterocycles. The van der Waals surface area contributed by atoms with Crippen LogP contribution in [0.15, 0.2) is 41.3 Å². The Morgan fingerprint density at radius 1 is 1.09 bits per heavy atom.